The number of hydrogen-bond acceptors (Lipinski definition) is 4. The van der Waals surface area contributed by atoms with Gasteiger partial charge >= 0.3 is 5.97 Å². The summed E-state index contributed by atoms with van der Waals surface area (Å²) in [6.07, 6.45) is 0.118. The van der Waals surface area contributed by atoms with Crippen LogP contribution in [-0.4, -0.2) is 42.1 Å². The number of halogens is 1. The Bertz CT molecular complexity index is 476. The van der Waals surface area contributed by atoms with E-state index in [4.69, 9.17) is 11.6 Å². The molecule has 0 unspecified atom stereocenters. The molecule has 0 heterocycles. The lowest BCUT2D eigenvalue weighted by atomic mass is 10.1. The van der Waals surface area contributed by atoms with E-state index in [2.05, 4.69) is 4.74 Å². The maximum Gasteiger partial charge on any atom is 0.307 e. The number of phenolic OH excluding ortho intramolecular Hbond substituents is 1. The fraction of sp³-hybridized carbons (Fsp3) is 0.385. The summed E-state index contributed by atoms with van der Waals surface area (Å²) >= 11 is 5.93. The Morgan fingerprint density at radius 2 is 2.11 bits per heavy atom. The molecule has 0 saturated carbocycles. The van der Waals surface area contributed by atoms with Crippen LogP contribution in [0.15, 0.2) is 18.2 Å². The molecular weight excluding hydrogens is 270 g/mol. The van der Waals surface area contributed by atoms with E-state index in [1.54, 1.807) is 6.92 Å². The molecule has 1 rings (SSSR count). The molecule has 0 radical (unpaired) electrons. The molecule has 0 atom stereocenters. The van der Waals surface area contributed by atoms with E-state index in [0.717, 1.165) is 0 Å². The van der Waals surface area contributed by atoms with E-state index >= 15 is 0 Å². The largest absolute Gasteiger partial charge is 0.508 e. The van der Waals surface area contributed by atoms with Crippen LogP contribution in [0.4, 0.5) is 0 Å². The predicted molar refractivity (Wildman–Crippen MR) is 71.3 cm³/mol. The van der Waals surface area contributed by atoms with Crippen molar-refractivity contribution in [3.8, 4) is 5.75 Å². The summed E-state index contributed by atoms with van der Waals surface area (Å²) in [5, 5.41) is 9.66. The molecule has 1 aromatic carbocycles. The lowest BCUT2D eigenvalue weighted by molar-refractivity contribution is -0.140. The second kappa shape index (κ2) is 6.99. The first-order valence-corrected chi connectivity index (χ1v) is 6.22. The third-order valence-corrected chi connectivity index (χ3v) is 2.99. The van der Waals surface area contributed by atoms with Crippen molar-refractivity contribution in [3.05, 3.63) is 28.8 Å². The van der Waals surface area contributed by atoms with Gasteiger partial charge in [0.25, 0.3) is 5.91 Å². The van der Waals surface area contributed by atoms with Gasteiger partial charge in [-0.1, -0.05) is 11.6 Å². The van der Waals surface area contributed by atoms with E-state index < -0.39 is 0 Å². The summed E-state index contributed by atoms with van der Waals surface area (Å²) in [5.41, 5.74) is 0.216. The number of hydrogen-bond donors (Lipinski definition) is 1. The number of carbonyl (C=O) groups is 2. The maximum absolute atomic E-state index is 12.2. The van der Waals surface area contributed by atoms with Gasteiger partial charge in [0.2, 0.25) is 0 Å². The molecule has 0 saturated heterocycles. The van der Waals surface area contributed by atoms with Gasteiger partial charge in [-0.05, 0) is 25.1 Å². The molecule has 1 N–H and O–H groups in total. The fourth-order valence-electron chi connectivity index (χ4n) is 1.58. The van der Waals surface area contributed by atoms with Gasteiger partial charge in [-0.15, -0.1) is 0 Å². The molecule has 0 aromatic heterocycles. The number of aromatic hydroxyl groups is 1. The smallest absolute Gasteiger partial charge is 0.307 e. The Labute approximate surface area is 116 Å². The molecule has 5 nitrogen and oxygen atoms in total. The standard InChI is InChI=1S/C13H16ClNO4/c1-3-15(7-6-12(17)19-2)13(18)10-8-9(16)4-5-11(10)14/h4-5,8,16H,3,6-7H2,1-2H3. The summed E-state index contributed by atoms with van der Waals surface area (Å²) in [6.45, 7) is 2.47. The number of amides is 1. The van der Waals surface area contributed by atoms with E-state index in [1.807, 2.05) is 0 Å². The average Bonchev–Trinajstić information content (AvgIpc) is 2.41. The minimum absolute atomic E-state index is 0.0308. The van der Waals surface area contributed by atoms with E-state index in [-0.39, 0.29) is 41.2 Å². The second-order valence-corrected chi connectivity index (χ2v) is 4.28. The Kier molecular flexibility index (Phi) is 5.63. The number of carbonyl (C=O) groups excluding carboxylic acids is 2. The zero-order valence-corrected chi connectivity index (χ0v) is 11.6. The van der Waals surface area contributed by atoms with E-state index in [1.165, 1.54) is 30.2 Å². The number of phenols is 1. The monoisotopic (exact) mass is 285 g/mol. The quantitative estimate of drug-likeness (QED) is 0.841. The summed E-state index contributed by atoms with van der Waals surface area (Å²) in [6, 6.07) is 4.17. The highest BCUT2D eigenvalue weighted by molar-refractivity contribution is 6.33. The van der Waals surface area contributed by atoms with Gasteiger partial charge in [-0.2, -0.15) is 0 Å². The number of esters is 1. The highest BCUT2D eigenvalue weighted by Crippen LogP contribution is 2.22. The SMILES string of the molecule is CCN(CCC(=O)OC)C(=O)c1cc(O)ccc1Cl. The van der Waals surface area contributed by atoms with Crippen LogP contribution in [-0.2, 0) is 9.53 Å². The minimum Gasteiger partial charge on any atom is -0.508 e. The molecule has 0 spiro atoms. The molecule has 19 heavy (non-hydrogen) atoms. The van der Waals surface area contributed by atoms with E-state index in [0.29, 0.717) is 6.54 Å². The highest BCUT2D eigenvalue weighted by atomic mass is 35.5. The first kappa shape index (κ1) is 15.3. The molecule has 0 fully saturated rings. The molecule has 0 aliphatic rings. The zero-order chi connectivity index (χ0) is 14.4. The van der Waals surface area contributed by atoms with Crippen LogP contribution in [0.3, 0.4) is 0 Å². The van der Waals surface area contributed by atoms with Crippen molar-refractivity contribution in [2.45, 2.75) is 13.3 Å². The lowest BCUT2D eigenvalue weighted by Gasteiger charge is -2.21. The van der Waals surface area contributed by atoms with Crippen molar-refractivity contribution in [2.24, 2.45) is 0 Å². The molecule has 0 aliphatic heterocycles. The number of nitrogens with zero attached hydrogens (tertiary/aromatic N) is 1. The van der Waals surface area contributed by atoms with Crippen LogP contribution in [0.1, 0.15) is 23.7 Å². The summed E-state index contributed by atoms with van der Waals surface area (Å²) in [5.74, 6) is -0.739. The van der Waals surface area contributed by atoms with Gasteiger partial charge in [0, 0.05) is 13.1 Å². The third-order valence-electron chi connectivity index (χ3n) is 2.66. The zero-order valence-electron chi connectivity index (χ0n) is 10.9. The first-order chi connectivity index (χ1) is 8.99. The topological polar surface area (TPSA) is 66.8 Å². The summed E-state index contributed by atoms with van der Waals surface area (Å²) in [7, 11) is 1.30. The molecule has 1 amide bonds. The van der Waals surface area contributed by atoms with Crippen molar-refractivity contribution in [1.29, 1.82) is 0 Å². The van der Waals surface area contributed by atoms with Crippen LogP contribution in [0.5, 0.6) is 5.75 Å². The highest BCUT2D eigenvalue weighted by Gasteiger charge is 2.18. The number of methoxy groups -OCH3 is 1. The minimum atomic E-state index is -0.381. The molecule has 104 valence electrons. The second-order valence-electron chi connectivity index (χ2n) is 3.88. The molecule has 1 aromatic rings. The van der Waals surface area contributed by atoms with Crippen LogP contribution in [0.25, 0.3) is 0 Å². The van der Waals surface area contributed by atoms with Crippen molar-refractivity contribution in [2.75, 3.05) is 20.2 Å². The normalized spacial score (nSPS) is 10.1. The summed E-state index contributed by atoms with van der Waals surface area (Å²) in [4.78, 5) is 24.8. The van der Waals surface area contributed by atoms with Crippen LogP contribution in [0.2, 0.25) is 5.02 Å². The Balaban J connectivity index is 2.83. The summed E-state index contributed by atoms with van der Waals surface area (Å²) < 4.78 is 4.53. The average molecular weight is 286 g/mol. The molecule has 0 bridgehead atoms. The third kappa shape index (κ3) is 4.13. The van der Waals surface area contributed by atoms with Gasteiger partial charge in [0.15, 0.2) is 0 Å². The Morgan fingerprint density at radius 3 is 2.68 bits per heavy atom. The van der Waals surface area contributed by atoms with Crippen molar-refractivity contribution in [1.82, 2.24) is 4.90 Å². The van der Waals surface area contributed by atoms with Crippen molar-refractivity contribution in [3.63, 3.8) is 0 Å². The Hall–Kier alpha value is -1.75. The molecular formula is C13H16ClNO4. The van der Waals surface area contributed by atoms with Gasteiger partial charge in [0.05, 0.1) is 24.1 Å². The van der Waals surface area contributed by atoms with Gasteiger partial charge in [-0.3, -0.25) is 9.59 Å². The fourth-order valence-corrected chi connectivity index (χ4v) is 1.78. The van der Waals surface area contributed by atoms with Crippen molar-refractivity contribution >= 4 is 23.5 Å². The predicted octanol–water partition coefficient (Wildman–Crippen LogP) is 2.07. The van der Waals surface area contributed by atoms with Crippen molar-refractivity contribution < 1.29 is 19.4 Å². The van der Waals surface area contributed by atoms with Gasteiger partial charge < -0.3 is 14.7 Å². The van der Waals surface area contributed by atoms with E-state index in [9.17, 15) is 14.7 Å². The number of ether oxygens (including phenoxy) is 1. The van der Waals surface area contributed by atoms with Gasteiger partial charge in [0.1, 0.15) is 5.75 Å². The number of benzene rings is 1. The first-order valence-electron chi connectivity index (χ1n) is 5.84. The maximum atomic E-state index is 12.2. The van der Waals surface area contributed by atoms with Crippen LogP contribution >= 0.6 is 11.6 Å². The van der Waals surface area contributed by atoms with Crippen LogP contribution in [0, 0.1) is 0 Å². The van der Waals surface area contributed by atoms with Crippen LogP contribution < -0.4 is 0 Å². The van der Waals surface area contributed by atoms with Gasteiger partial charge in [-0.25, -0.2) is 0 Å². The molecule has 0 aliphatic carbocycles. The Morgan fingerprint density at radius 1 is 1.42 bits per heavy atom. The lowest BCUT2D eigenvalue weighted by Crippen LogP contribution is -2.33. The number of rotatable bonds is 5. The molecule has 6 heteroatoms.